The summed E-state index contributed by atoms with van der Waals surface area (Å²) in [5, 5.41) is 3.58. The largest absolute Gasteiger partial charge is 0.312 e. The SMILES string of the molecule is CC(C)C(C)N(C)Cc1ccccc1CCNC(C)(C)C. The van der Waals surface area contributed by atoms with Gasteiger partial charge in [-0.15, -0.1) is 0 Å². The second-order valence-electron chi connectivity index (χ2n) is 7.60. The Kier molecular flexibility index (Phi) is 6.89. The van der Waals surface area contributed by atoms with Gasteiger partial charge in [0.15, 0.2) is 0 Å². The zero-order chi connectivity index (χ0) is 16.0. The van der Waals surface area contributed by atoms with Crippen LogP contribution in [-0.2, 0) is 13.0 Å². The van der Waals surface area contributed by atoms with Crippen LogP contribution in [0.3, 0.4) is 0 Å². The van der Waals surface area contributed by atoms with Gasteiger partial charge in [0.1, 0.15) is 0 Å². The molecule has 0 heterocycles. The molecule has 0 aromatic heterocycles. The molecule has 0 radical (unpaired) electrons. The predicted molar refractivity (Wildman–Crippen MR) is 93.7 cm³/mol. The van der Waals surface area contributed by atoms with Crippen molar-refractivity contribution < 1.29 is 0 Å². The quantitative estimate of drug-likeness (QED) is 0.813. The van der Waals surface area contributed by atoms with Crippen LogP contribution in [0.1, 0.15) is 52.7 Å². The van der Waals surface area contributed by atoms with E-state index in [1.165, 1.54) is 11.1 Å². The summed E-state index contributed by atoms with van der Waals surface area (Å²) in [7, 11) is 2.23. The zero-order valence-corrected chi connectivity index (χ0v) is 15.0. The van der Waals surface area contributed by atoms with Crippen molar-refractivity contribution in [2.45, 2.75) is 66.1 Å². The third-order valence-corrected chi connectivity index (χ3v) is 4.25. The summed E-state index contributed by atoms with van der Waals surface area (Å²) in [6.07, 6.45) is 1.09. The lowest BCUT2D eigenvalue weighted by atomic mass is 10.0. The molecule has 120 valence electrons. The standard InChI is InChI=1S/C19H34N2/c1-15(2)16(3)21(7)14-18-11-9-8-10-17(18)12-13-20-19(4,5)6/h8-11,15-16,20H,12-14H2,1-7H3. The fourth-order valence-corrected chi connectivity index (χ4v) is 2.45. The molecular weight excluding hydrogens is 256 g/mol. The van der Waals surface area contributed by atoms with Gasteiger partial charge in [-0.3, -0.25) is 4.90 Å². The van der Waals surface area contributed by atoms with Crippen molar-refractivity contribution in [2.24, 2.45) is 5.92 Å². The average Bonchev–Trinajstić information content (AvgIpc) is 2.38. The van der Waals surface area contributed by atoms with Crippen molar-refractivity contribution in [2.75, 3.05) is 13.6 Å². The molecule has 0 saturated heterocycles. The van der Waals surface area contributed by atoms with Gasteiger partial charge in [0, 0.05) is 18.1 Å². The Bertz CT molecular complexity index is 418. The topological polar surface area (TPSA) is 15.3 Å². The number of rotatable bonds is 7. The molecule has 1 unspecified atom stereocenters. The Balaban J connectivity index is 2.66. The summed E-state index contributed by atoms with van der Waals surface area (Å²) in [6, 6.07) is 9.46. The summed E-state index contributed by atoms with van der Waals surface area (Å²) in [4.78, 5) is 2.46. The first-order valence-corrected chi connectivity index (χ1v) is 8.23. The van der Waals surface area contributed by atoms with Gasteiger partial charge in [-0.1, -0.05) is 38.1 Å². The van der Waals surface area contributed by atoms with E-state index in [0.29, 0.717) is 12.0 Å². The van der Waals surface area contributed by atoms with E-state index >= 15 is 0 Å². The summed E-state index contributed by atoms with van der Waals surface area (Å²) in [5.74, 6) is 0.685. The average molecular weight is 290 g/mol. The van der Waals surface area contributed by atoms with E-state index in [4.69, 9.17) is 0 Å². The molecule has 0 bridgehead atoms. The number of nitrogens with zero attached hydrogens (tertiary/aromatic N) is 1. The van der Waals surface area contributed by atoms with Gasteiger partial charge >= 0.3 is 0 Å². The maximum Gasteiger partial charge on any atom is 0.0236 e. The van der Waals surface area contributed by atoms with Crippen LogP contribution in [0.2, 0.25) is 0 Å². The number of hydrogen-bond acceptors (Lipinski definition) is 2. The molecule has 0 fully saturated rings. The normalized spacial score (nSPS) is 14.0. The van der Waals surface area contributed by atoms with Crippen LogP contribution in [0.5, 0.6) is 0 Å². The van der Waals surface area contributed by atoms with E-state index in [-0.39, 0.29) is 5.54 Å². The minimum absolute atomic E-state index is 0.192. The van der Waals surface area contributed by atoms with Gasteiger partial charge in [0.05, 0.1) is 0 Å². The van der Waals surface area contributed by atoms with E-state index in [9.17, 15) is 0 Å². The van der Waals surface area contributed by atoms with Crippen LogP contribution in [0.25, 0.3) is 0 Å². The Morgan fingerprint density at radius 2 is 1.62 bits per heavy atom. The molecule has 1 aromatic carbocycles. The first-order chi connectivity index (χ1) is 9.70. The van der Waals surface area contributed by atoms with Crippen LogP contribution >= 0.6 is 0 Å². The van der Waals surface area contributed by atoms with Crippen molar-refractivity contribution in [3.63, 3.8) is 0 Å². The molecule has 2 nitrogen and oxygen atoms in total. The third-order valence-electron chi connectivity index (χ3n) is 4.25. The van der Waals surface area contributed by atoms with Crippen LogP contribution in [0.15, 0.2) is 24.3 Å². The summed E-state index contributed by atoms with van der Waals surface area (Å²) in [6.45, 7) is 15.6. The monoisotopic (exact) mass is 290 g/mol. The third kappa shape index (κ3) is 6.62. The van der Waals surface area contributed by atoms with Crippen molar-refractivity contribution in [3.05, 3.63) is 35.4 Å². The fourth-order valence-electron chi connectivity index (χ4n) is 2.45. The molecule has 1 rings (SSSR count). The van der Waals surface area contributed by atoms with Gasteiger partial charge < -0.3 is 5.32 Å². The molecule has 2 heteroatoms. The van der Waals surface area contributed by atoms with Gasteiger partial charge in [0.25, 0.3) is 0 Å². The second kappa shape index (κ2) is 7.95. The van der Waals surface area contributed by atoms with Gasteiger partial charge in [-0.05, 0) is 64.8 Å². The molecule has 0 aliphatic rings. The summed E-state index contributed by atoms with van der Waals surface area (Å²) < 4.78 is 0. The lowest BCUT2D eigenvalue weighted by Crippen LogP contribution is -2.37. The van der Waals surface area contributed by atoms with E-state index in [1.54, 1.807) is 0 Å². The molecule has 0 aliphatic carbocycles. The van der Waals surface area contributed by atoms with Crippen molar-refractivity contribution in [3.8, 4) is 0 Å². The molecule has 0 aliphatic heterocycles. The lowest BCUT2D eigenvalue weighted by Gasteiger charge is -2.29. The minimum Gasteiger partial charge on any atom is -0.312 e. The molecule has 0 amide bonds. The lowest BCUT2D eigenvalue weighted by molar-refractivity contribution is 0.200. The second-order valence-corrected chi connectivity index (χ2v) is 7.60. The van der Waals surface area contributed by atoms with Crippen LogP contribution in [0.4, 0.5) is 0 Å². The molecule has 1 atom stereocenters. The van der Waals surface area contributed by atoms with Gasteiger partial charge in [0.2, 0.25) is 0 Å². The number of benzene rings is 1. The van der Waals surface area contributed by atoms with Crippen LogP contribution < -0.4 is 5.32 Å². The van der Waals surface area contributed by atoms with Crippen LogP contribution in [0, 0.1) is 5.92 Å². The van der Waals surface area contributed by atoms with Gasteiger partial charge in [-0.2, -0.15) is 0 Å². The van der Waals surface area contributed by atoms with Crippen molar-refractivity contribution in [1.29, 1.82) is 0 Å². The molecule has 0 saturated carbocycles. The maximum atomic E-state index is 3.58. The highest BCUT2D eigenvalue weighted by Gasteiger charge is 2.15. The molecule has 21 heavy (non-hydrogen) atoms. The molecule has 1 aromatic rings. The van der Waals surface area contributed by atoms with E-state index < -0.39 is 0 Å². The van der Waals surface area contributed by atoms with Gasteiger partial charge in [-0.25, -0.2) is 0 Å². The number of hydrogen-bond donors (Lipinski definition) is 1. The zero-order valence-electron chi connectivity index (χ0n) is 15.0. The van der Waals surface area contributed by atoms with E-state index in [2.05, 4.69) is 83.1 Å². The smallest absolute Gasteiger partial charge is 0.0236 e. The first-order valence-electron chi connectivity index (χ1n) is 8.23. The van der Waals surface area contributed by atoms with E-state index in [0.717, 1.165) is 19.5 Å². The van der Waals surface area contributed by atoms with E-state index in [1.807, 2.05) is 0 Å². The predicted octanol–water partition coefficient (Wildman–Crippen LogP) is 4.09. The first kappa shape index (κ1) is 18.2. The highest BCUT2D eigenvalue weighted by molar-refractivity contribution is 5.27. The Hall–Kier alpha value is -0.860. The summed E-state index contributed by atoms with van der Waals surface area (Å²) in [5.41, 5.74) is 3.12. The Morgan fingerprint density at radius 1 is 1.05 bits per heavy atom. The fraction of sp³-hybridized carbons (Fsp3) is 0.684. The number of nitrogens with one attached hydrogen (secondary N) is 1. The highest BCUT2D eigenvalue weighted by Crippen LogP contribution is 2.16. The molecular formula is C19H34N2. The van der Waals surface area contributed by atoms with Crippen molar-refractivity contribution in [1.82, 2.24) is 10.2 Å². The maximum absolute atomic E-state index is 3.58. The Labute approximate surface area is 131 Å². The molecule has 1 N–H and O–H groups in total. The molecule has 0 spiro atoms. The summed E-state index contributed by atoms with van der Waals surface area (Å²) >= 11 is 0. The van der Waals surface area contributed by atoms with Crippen molar-refractivity contribution >= 4 is 0 Å². The minimum atomic E-state index is 0.192. The highest BCUT2D eigenvalue weighted by atomic mass is 15.1. The van der Waals surface area contributed by atoms with Crippen LogP contribution in [-0.4, -0.2) is 30.1 Å². The Morgan fingerprint density at radius 3 is 2.14 bits per heavy atom.